The summed E-state index contributed by atoms with van der Waals surface area (Å²) in [5.41, 5.74) is -0.428. The van der Waals surface area contributed by atoms with E-state index >= 15 is 0 Å². The van der Waals surface area contributed by atoms with Crippen LogP contribution in [0.25, 0.3) is 0 Å². The monoisotopic (exact) mass is 390 g/mol. The van der Waals surface area contributed by atoms with Gasteiger partial charge in [-0.3, -0.25) is 14.8 Å². The van der Waals surface area contributed by atoms with Crippen LogP contribution in [0.4, 0.5) is 11.4 Å². The molecule has 0 fully saturated rings. The van der Waals surface area contributed by atoms with Crippen molar-refractivity contribution in [2.45, 2.75) is 4.90 Å². The molecule has 2 aromatic carbocycles. The molecule has 0 saturated heterocycles. The molecule has 0 aliphatic carbocycles. The minimum absolute atomic E-state index is 0.0584. The molecule has 2 rings (SSSR count). The molecule has 0 aliphatic heterocycles. The molecule has 0 atom stereocenters. The second-order valence-electron chi connectivity index (χ2n) is 3.96. The maximum absolute atomic E-state index is 12.2. The lowest BCUT2D eigenvalue weighted by Crippen LogP contribution is -2.14. The van der Waals surface area contributed by atoms with Crippen LogP contribution in [-0.4, -0.2) is 13.3 Å². The topological polar surface area (TPSA) is 89.3 Å². The van der Waals surface area contributed by atoms with Crippen LogP contribution in [0, 0.1) is 10.1 Å². The van der Waals surface area contributed by atoms with Gasteiger partial charge in [-0.05, 0) is 40.2 Å². The van der Waals surface area contributed by atoms with Gasteiger partial charge in [0, 0.05) is 10.5 Å². The van der Waals surface area contributed by atoms with Crippen LogP contribution in [0.2, 0.25) is 5.02 Å². The van der Waals surface area contributed by atoms with Gasteiger partial charge in [-0.15, -0.1) is 0 Å². The van der Waals surface area contributed by atoms with Gasteiger partial charge in [0.25, 0.3) is 15.7 Å². The number of nitro groups is 1. The largest absolute Gasteiger partial charge is 0.293 e. The van der Waals surface area contributed by atoms with E-state index in [1.807, 2.05) is 0 Å². The van der Waals surface area contributed by atoms with Gasteiger partial charge in [-0.1, -0.05) is 23.7 Å². The molecule has 6 nitrogen and oxygen atoms in total. The molecular weight excluding hydrogens is 384 g/mol. The summed E-state index contributed by atoms with van der Waals surface area (Å²) in [5.74, 6) is 0. The van der Waals surface area contributed by atoms with Crippen molar-refractivity contribution >= 4 is 48.9 Å². The summed E-state index contributed by atoms with van der Waals surface area (Å²) < 4.78 is 27.1. The highest BCUT2D eigenvalue weighted by molar-refractivity contribution is 9.10. The van der Waals surface area contributed by atoms with Crippen molar-refractivity contribution < 1.29 is 13.3 Å². The Balaban J connectivity index is 2.42. The lowest BCUT2D eigenvalue weighted by molar-refractivity contribution is -0.383. The zero-order valence-corrected chi connectivity index (χ0v) is 13.4. The molecule has 21 heavy (non-hydrogen) atoms. The summed E-state index contributed by atoms with van der Waals surface area (Å²) in [4.78, 5) is 10.2. The molecule has 0 amide bonds. The molecule has 0 aliphatic rings. The molecule has 0 radical (unpaired) electrons. The Hall–Kier alpha value is -1.64. The second kappa shape index (κ2) is 6.00. The van der Waals surface area contributed by atoms with Crippen molar-refractivity contribution in [2.24, 2.45) is 0 Å². The van der Waals surface area contributed by atoms with E-state index in [1.54, 1.807) is 0 Å². The maximum atomic E-state index is 12.2. The zero-order chi connectivity index (χ0) is 15.6. The number of nitrogens with zero attached hydrogens (tertiary/aromatic N) is 1. The van der Waals surface area contributed by atoms with E-state index in [1.165, 1.54) is 42.5 Å². The van der Waals surface area contributed by atoms with Gasteiger partial charge >= 0.3 is 0 Å². The van der Waals surface area contributed by atoms with Gasteiger partial charge in [-0.2, -0.15) is 0 Å². The van der Waals surface area contributed by atoms with Crippen molar-refractivity contribution in [3.63, 3.8) is 0 Å². The maximum Gasteiger partial charge on any atom is 0.293 e. The number of anilines is 1. The van der Waals surface area contributed by atoms with Crippen molar-refractivity contribution in [2.75, 3.05) is 4.72 Å². The predicted molar refractivity (Wildman–Crippen MR) is 83.1 cm³/mol. The van der Waals surface area contributed by atoms with Crippen LogP contribution in [0.3, 0.4) is 0 Å². The number of rotatable bonds is 4. The fraction of sp³-hybridized carbons (Fsp3) is 0. The predicted octanol–water partition coefficient (Wildman–Crippen LogP) is 3.81. The van der Waals surface area contributed by atoms with E-state index in [9.17, 15) is 18.5 Å². The summed E-state index contributed by atoms with van der Waals surface area (Å²) in [6.07, 6.45) is 0. The standard InChI is InChI=1S/C12H8BrClN2O4S/c13-9-7-8(5-6-10(9)14)21(19,20)15-11-3-1-2-4-12(11)16(17)18/h1-7,15H. The number of sulfonamides is 1. The number of halogens is 2. The zero-order valence-electron chi connectivity index (χ0n) is 10.3. The van der Waals surface area contributed by atoms with Crippen LogP contribution >= 0.6 is 27.5 Å². The number of benzene rings is 2. The first-order chi connectivity index (χ1) is 9.81. The van der Waals surface area contributed by atoms with Crippen LogP contribution in [0.5, 0.6) is 0 Å². The second-order valence-corrected chi connectivity index (χ2v) is 6.90. The minimum atomic E-state index is -3.95. The van der Waals surface area contributed by atoms with E-state index in [0.29, 0.717) is 9.50 Å². The summed E-state index contributed by atoms with van der Waals surface area (Å²) in [5, 5.41) is 11.2. The van der Waals surface area contributed by atoms with Crippen LogP contribution in [0.1, 0.15) is 0 Å². The van der Waals surface area contributed by atoms with Crippen LogP contribution in [-0.2, 0) is 10.0 Å². The van der Waals surface area contributed by atoms with Crippen molar-refractivity contribution in [3.05, 3.63) is 62.1 Å². The summed E-state index contributed by atoms with van der Waals surface area (Å²) in [7, 11) is -3.95. The molecular formula is C12H8BrClN2O4S. The lowest BCUT2D eigenvalue weighted by atomic mass is 10.3. The number of para-hydroxylation sites is 2. The van der Waals surface area contributed by atoms with Crippen molar-refractivity contribution in [1.82, 2.24) is 0 Å². The van der Waals surface area contributed by atoms with Gasteiger partial charge in [0.2, 0.25) is 0 Å². The number of nitrogens with one attached hydrogen (secondary N) is 1. The Morgan fingerprint density at radius 2 is 1.86 bits per heavy atom. The summed E-state index contributed by atoms with van der Waals surface area (Å²) in [6.45, 7) is 0. The third-order valence-corrected chi connectivity index (χ3v) is 5.12. The minimum Gasteiger partial charge on any atom is -0.273 e. The van der Waals surface area contributed by atoms with E-state index < -0.39 is 14.9 Å². The lowest BCUT2D eigenvalue weighted by Gasteiger charge is -2.09. The molecule has 0 aromatic heterocycles. The van der Waals surface area contributed by atoms with Gasteiger partial charge in [0.15, 0.2) is 0 Å². The fourth-order valence-electron chi connectivity index (χ4n) is 1.57. The van der Waals surface area contributed by atoms with E-state index in [-0.39, 0.29) is 16.3 Å². The van der Waals surface area contributed by atoms with Crippen molar-refractivity contribution in [3.8, 4) is 0 Å². The highest BCUT2D eigenvalue weighted by Crippen LogP contribution is 2.29. The fourth-order valence-corrected chi connectivity index (χ4v) is 3.31. The molecule has 0 saturated carbocycles. The Bertz CT molecular complexity index is 811. The molecule has 9 heteroatoms. The summed E-state index contributed by atoms with van der Waals surface area (Å²) >= 11 is 8.94. The van der Waals surface area contributed by atoms with Gasteiger partial charge in [-0.25, -0.2) is 8.42 Å². The molecule has 0 heterocycles. The first-order valence-electron chi connectivity index (χ1n) is 5.52. The van der Waals surface area contributed by atoms with Crippen LogP contribution in [0.15, 0.2) is 51.8 Å². The Labute approximate surface area is 134 Å². The molecule has 0 unspecified atom stereocenters. The van der Waals surface area contributed by atoms with E-state index in [4.69, 9.17) is 11.6 Å². The first-order valence-corrected chi connectivity index (χ1v) is 8.18. The van der Waals surface area contributed by atoms with Gasteiger partial charge in [0.05, 0.1) is 14.8 Å². The van der Waals surface area contributed by atoms with Gasteiger partial charge in [0.1, 0.15) is 5.69 Å². The quantitative estimate of drug-likeness (QED) is 0.634. The Morgan fingerprint density at radius 1 is 1.19 bits per heavy atom. The summed E-state index contributed by atoms with van der Waals surface area (Å²) in [6, 6.07) is 9.54. The SMILES string of the molecule is O=[N+]([O-])c1ccccc1NS(=O)(=O)c1ccc(Cl)c(Br)c1. The molecule has 0 bridgehead atoms. The Morgan fingerprint density at radius 3 is 2.48 bits per heavy atom. The highest BCUT2D eigenvalue weighted by atomic mass is 79.9. The van der Waals surface area contributed by atoms with Crippen molar-refractivity contribution in [1.29, 1.82) is 0 Å². The molecule has 2 aromatic rings. The average Bonchev–Trinajstić information content (AvgIpc) is 2.41. The number of hydrogen-bond donors (Lipinski definition) is 1. The normalized spacial score (nSPS) is 11.1. The van der Waals surface area contributed by atoms with E-state index in [2.05, 4.69) is 20.7 Å². The third kappa shape index (κ3) is 3.52. The first kappa shape index (κ1) is 15.7. The number of nitro benzene ring substituents is 1. The molecule has 1 N–H and O–H groups in total. The highest BCUT2D eigenvalue weighted by Gasteiger charge is 2.20. The average molecular weight is 392 g/mol. The van der Waals surface area contributed by atoms with E-state index in [0.717, 1.165) is 0 Å². The smallest absolute Gasteiger partial charge is 0.273 e. The third-order valence-electron chi connectivity index (χ3n) is 2.55. The Kier molecular flexibility index (Phi) is 4.50. The molecule has 110 valence electrons. The van der Waals surface area contributed by atoms with Gasteiger partial charge < -0.3 is 0 Å². The molecule has 0 spiro atoms. The van der Waals surface area contributed by atoms with Crippen LogP contribution < -0.4 is 4.72 Å². The number of hydrogen-bond acceptors (Lipinski definition) is 4.